The Balaban J connectivity index is 1.53. The molecule has 0 fully saturated rings. The van der Waals surface area contributed by atoms with Crippen LogP contribution in [0.1, 0.15) is 21.7 Å². The van der Waals surface area contributed by atoms with E-state index in [1.165, 1.54) is 0 Å². The molecule has 0 aromatic carbocycles. The number of nitrogens with zero attached hydrogens (tertiary/aromatic N) is 3. The molecule has 24 heavy (non-hydrogen) atoms. The van der Waals surface area contributed by atoms with Crippen molar-refractivity contribution in [2.75, 3.05) is 5.32 Å². The quantitative estimate of drug-likeness (QED) is 0.729. The van der Waals surface area contributed by atoms with Gasteiger partial charge in [0.25, 0.3) is 5.91 Å². The van der Waals surface area contributed by atoms with Gasteiger partial charge in [-0.3, -0.25) is 14.8 Å². The van der Waals surface area contributed by atoms with Crippen LogP contribution in [0.5, 0.6) is 0 Å². The molecule has 0 atom stereocenters. The zero-order valence-corrected chi connectivity index (χ0v) is 13.0. The van der Waals surface area contributed by atoms with Crippen molar-refractivity contribution in [2.24, 2.45) is 0 Å². The third kappa shape index (κ3) is 4.36. The molecule has 6 heteroatoms. The molecule has 3 heterocycles. The highest BCUT2D eigenvalue weighted by Gasteiger charge is 2.07. The van der Waals surface area contributed by atoms with Gasteiger partial charge in [-0.1, -0.05) is 12.1 Å². The monoisotopic (exact) mass is 319 g/mol. The normalized spacial score (nSPS) is 10.2. The molecule has 1 amide bonds. The van der Waals surface area contributed by atoms with Crippen molar-refractivity contribution in [3.63, 3.8) is 0 Å². The number of hydrogen-bond acceptors (Lipinski definition) is 5. The summed E-state index contributed by atoms with van der Waals surface area (Å²) < 4.78 is 0. The van der Waals surface area contributed by atoms with E-state index in [0.29, 0.717) is 18.8 Å². The number of hydrogen-bond donors (Lipinski definition) is 2. The van der Waals surface area contributed by atoms with E-state index in [0.717, 1.165) is 16.9 Å². The summed E-state index contributed by atoms with van der Waals surface area (Å²) in [6.45, 7) is 1.03. The lowest BCUT2D eigenvalue weighted by molar-refractivity contribution is 0.0945. The number of pyridine rings is 3. The van der Waals surface area contributed by atoms with E-state index >= 15 is 0 Å². The number of rotatable bonds is 6. The van der Waals surface area contributed by atoms with Crippen molar-refractivity contribution in [2.45, 2.75) is 13.1 Å². The van der Waals surface area contributed by atoms with Crippen LogP contribution >= 0.6 is 0 Å². The van der Waals surface area contributed by atoms with E-state index in [-0.39, 0.29) is 5.91 Å². The summed E-state index contributed by atoms with van der Waals surface area (Å²) in [5, 5.41) is 6.04. The van der Waals surface area contributed by atoms with Gasteiger partial charge in [-0.25, -0.2) is 4.98 Å². The van der Waals surface area contributed by atoms with Gasteiger partial charge in [0, 0.05) is 25.1 Å². The number of anilines is 1. The maximum Gasteiger partial charge on any atom is 0.270 e. The van der Waals surface area contributed by atoms with E-state index in [2.05, 4.69) is 25.6 Å². The van der Waals surface area contributed by atoms with E-state index < -0.39 is 0 Å². The molecule has 0 unspecified atom stereocenters. The SMILES string of the molecule is O=C(NCc1ccccn1)c1ccc(NCc2cccnc2)cn1. The van der Waals surface area contributed by atoms with Gasteiger partial charge in [0.1, 0.15) is 5.69 Å². The lowest BCUT2D eigenvalue weighted by Gasteiger charge is -2.07. The fourth-order valence-electron chi connectivity index (χ4n) is 2.10. The highest BCUT2D eigenvalue weighted by atomic mass is 16.1. The first-order valence-corrected chi connectivity index (χ1v) is 7.58. The summed E-state index contributed by atoms with van der Waals surface area (Å²) in [6.07, 6.45) is 6.89. The molecule has 0 spiro atoms. The number of carbonyl (C=O) groups excluding carboxylic acids is 1. The summed E-state index contributed by atoms with van der Waals surface area (Å²) in [4.78, 5) is 24.5. The second-order valence-corrected chi connectivity index (χ2v) is 5.15. The van der Waals surface area contributed by atoms with Crippen LogP contribution in [-0.2, 0) is 13.1 Å². The van der Waals surface area contributed by atoms with Crippen LogP contribution in [0.15, 0.2) is 67.3 Å². The molecule has 0 saturated carbocycles. The van der Waals surface area contributed by atoms with E-state index in [1.54, 1.807) is 30.9 Å². The number of nitrogens with one attached hydrogen (secondary N) is 2. The molecule has 3 aromatic rings. The molecule has 0 aliphatic heterocycles. The lowest BCUT2D eigenvalue weighted by atomic mass is 10.2. The molecule has 120 valence electrons. The second kappa shape index (κ2) is 7.82. The maximum atomic E-state index is 12.1. The number of amides is 1. The Hall–Kier alpha value is -3.28. The lowest BCUT2D eigenvalue weighted by Crippen LogP contribution is -2.24. The maximum absolute atomic E-state index is 12.1. The van der Waals surface area contributed by atoms with Crippen LogP contribution in [0.4, 0.5) is 5.69 Å². The van der Waals surface area contributed by atoms with E-state index in [1.807, 2.05) is 36.4 Å². The average Bonchev–Trinajstić information content (AvgIpc) is 2.66. The van der Waals surface area contributed by atoms with Crippen molar-refractivity contribution in [3.05, 3.63) is 84.2 Å². The van der Waals surface area contributed by atoms with Crippen LogP contribution in [0.25, 0.3) is 0 Å². The first kappa shape index (κ1) is 15.6. The molecule has 0 radical (unpaired) electrons. The molecular weight excluding hydrogens is 302 g/mol. The minimum atomic E-state index is -0.223. The van der Waals surface area contributed by atoms with Crippen molar-refractivity contribution in [3.8, 4) is 0 Å². The molecule has 3 rings (SSSR count). The molecule has 2 N–H and O–H groups in total. The summed E-state index contributed by atoms with van der Waals surface area (Å²) in [5.41, 5.74) is 3.10. The van der Waals surface area contributed by atoms with Crippen molar-refractivity contribution >= 4 is 11.6 Å². The molecule has 0 saturated heterocycles. The number of aromatic nitrogens is 3. The fourth-order valence-corrected chi connectivity index (χ4v) is 2.10. The zero-order chi connectivity index (χ0) is 16.6. The second-order valence-electron chi connectivity index (χ2n) is 5.15. The molecular formula is C18H17N5O. The number of carbonyl (C=O) groups is 1. The van der Waals surface area contributed by atoms with Crippen molar-refractivity contribution in [1.29, 1.82) is 0 Å². The Bertz CT molecular complexity index is 776. The van der Waals surface area contributed by atoms with E-state index in [4.69, 9.17) is 0 Å². The first-order chi connectivity index (χ1) is 11.8. The minimum Gasteiger partial charge on any atom is -0.380 e. The van der Waals surface area contributed by atoms with Gasteiger partial charge < -0.3 is 10.6 Å². The highest BCUT2D eigenvalue weighted by Crippen LogP contribution is 2.08. The Morgan fingerprint density at radius 2 is 1.88 bits per heavy atom. The Kier molecular flexibility index (Phi) is 5.09. The van der Waals surface area contributed by atoms with Gasteiger partial charge in [0.2, 0.25) is 0 Å². The summed E-state index contributed by atoms with van der Waals surface area (Å²) in [7, 11) is 0. The summed E-state index contributed by atoms with van der Waals surface area (Å²) >= 11 is 0. The van der Waals surface area contributed by atoms with Gasteiger partial charge in [-0.15, -0.1) is 0 Å². The molecule has 6 nitrogen and oxygen atoms in total. The summed E-state index contributed by atoms with van der Waals surface area (Å²) in [6, 6.07) is 13.0. The third-order valence-corrected chi connectivity index (χ3v) is 3.37. The van der Waals surface area contributed by atoms with Crippen LogP contribution in [0, 0.1) is 0 Å². The minimum absolute atomic E-state index is 0.223. The predicted octanol–water partition coefficient (Wildman–Crippen LogP) is 2.41. The molecule has 0 bridgehead atoms. The molecule has 0 aliphatic rings. The Morgan fingerprint density at radius 1 is 0.917 bits per heavy atom. The van der Waals surface area contributed by atoms with Crippen LogP contribution in [0.2, 0.25) is 0 Å². The van der Waals surface area contributed by atoms with Crippen LogP contribution < -0.4 is 10.6 Å². The van der Waals surface area contributed by atoms with Crippen molar-refractivity contribution in [1.82, 2.24) is 20.3 Å². The zero-order valence-electron chi connectivity index (χ0n) is 13.0. The Labute approximate surface area is 140 Å². The third-order valence-electron chi connectivity index (χ3n) is 3.37. The highest BCUT2D eigenvalue weighted by molar-refractivity contribution is 5.92. The standard InChI is InChI=1S/C18H17N5O/c24-18(23-13-15-5-1-2-9-20-15)17-7-6-16(12-22-17)21-11-14-4-3-8-19-10-14/h1-10,12,21H,11,13H2,(H,23,24). The topological polar surface area (TPSA) is 79.8 Å². The van der Waals surface area contributed by atoms with Gasteiger partial charge in [-0.2, -0.15) is 0 Å². The average molecular weight is 319 g/mol. The van der Waals surface area contributed by atoms with Gasteiger partial charge in [0.15, 0.2) is 0 Å². The molecule has 3 aromatic heterocycles. The van der Waals surface area contributed by atoms with Crippen LogP contribution in [0.3, 0.4) is 0 Å². The molecule has 0 aliphatic carbocycles. The van der Waals surface area contributed by atoms with Gasteiger partial charge in [0.05, 0.1) is 24.1 Å². The van der Waals surface area contributed by atoms with Gasteiger partial charge >= 0.3 is 0 Å². The van der Waals surface area contributed by atoms with Crippen molar-refractivity contribution < 1.29 is 4.79 Å². The largest absolute Gasteiger partial charge is 0.380 e. The Morgan fingerprint density at radius 3 is 2.58 bits per heavy atom. The predicted molar refractivity (Wildman–Crippen MR) is 91.2 cm³/mol. The van der Waals surface area contributed by atoms with Crippen LogP contribution in [-0.4, -0.2) is 20.9 Å². The van der Waals surface area contributed by atoms with Gasteiger partial charge in [-0.05, 0) is 35.9 Å². The summed E-state index contributed by atoms with van der Waals surface area (Å²) in [5.74, 6) is -0.223. The van der Waals surface area contributed by atoms with E-state index in [9.17, 15) is 4.79 Å². The first-order valence-electron chi connectivity index (χ1n) is 7.58. The smallest absolute Gasteiger partial charge is 0.270 e. The fraction of sp³-hybridized carbons (Fsp3) is 0.111.